The SMILES string of the molecule is Cc1ccc(C(=O)O[C@H](C)C(=O)Nc2ccc(SC(F)F)cc2)c(O)c1. The molecule has 0 fully saturated rings. The van der Waals surface area contributed by atoms with Crippen molar-refractivity contribution in [2.24, 2.45) is 0 Å². The molecule has 0 aliphatic carbocycles. The van der Waals surface area contributed by atoms with E-state index in [-0.39, 0.29) is 11.3 Å². The fourth-order valence-electron chi connectivity index (χ4n) is 2.06. The van der Waals surface area contributed by atoms with Crippen LogP contribution >= 0.6 is 11.8 Å². The highest BCUT2D eigenvalue weighted by molar-refractivity contribution is 7.99. The maximum atomic E-state index is 12.3. The molecule has 1 atom stereocenters. The van der Waals surface area contributed by atoms with Crippen LogP contribution in [0.1, 0.15) is 22.8 Å². The van der Waals surface area contributed by atoms with Crippen LogP contribution in [0.4, 0.5) is 14.5 Å². The summed E-state index contributed by atoms with van der Waals surface area (Å²) >= 11 is 0.402. The van der Waals surface area contributed by atoms with E-state index >= 15 is 0 Å². The largest absolute Gasteiger partial charge is 0.507 e. The Labute approximate surface area is 153 Å². The molecule has 5 nitrogen and oxygen atoms in total. The van der Waals surface area contributed by atoms with Gasteiger partial charge in [0.1, 0.15) is 11.3 Å². The predicted octanol–water partition coefficient (Wildman–Crippen LogP) is 4.20. The van der Waals surface area contributed by atoms with Gasteiger partial charge in [0.25, 0.3) is 11.7 Å². The van der Waals surface area contributed by atoms with Crippen LogP contribution in [-0.2, 0) is 9.53 Å². The third kappa shape index (κ3) is 5.45. The lowest BCUT2D eigenvalue weighted by Crippen LogP contribution is -2.30. The van der Waals surface area contributed by atoms with Crippen LogP contribution < -0.4 is 5.32 Å². The topological polar surface area (TPSA) is 75.6 Å². The molecule has 0 heterocycles. The Morgan fingerprint density at radius 3 is 2.38 bits per heavy atom. The van der Waals surface area contributed by atoms with Crippen molar-refractivity contribution in [3.63, 3.8) is 0 Å². The minimum atomic E-state index is -2.52. The molecule has 138 valence electrons. The van der Waals surface area contributed by atoms with Crippen molar-refractivity contribution >= 4 is 29.3 Å². The van der Waals surface area contributed by atoms with Gasteiger partial charge >= 0.3 is 5.97 Å². The van der Waals surface area contributed by atoms with Crippen LogP contribution in [0, 0.1) is 6.92 Å². The molecule has 26 heavy (non-hydrogen) atoms. The normalized spacial score (nSPS) is 11.9. The van der Waals surface area contributed by atoms with Crippen LogP contribution in [0.25, 0.3) is 0 Å². The first kappa shape index (κ1) is 19.7. The van der Waals surface area contributed by atoms with Gasteiger partial charge in [-0.05, 0) is 55.8 Å². The van der Waals surface area contributed by atoms with Crippen molar-refractivity contribution in [2.45, 2.75) is 30.6 Å². The molecule has 2 rings (SSSR count). The molecular formula is C18H17F2NO4S. The highest BCUT2D eigenvalue weighted by Gasteiger charge is 2.21. The number of benzene rings is 2. The number of aromatic hydroxyl groups is 1. The van der Waals surface area contributed by atoms with Crippen LogP contribution in [0.15, 0.2) is 47.4 Å². The number of carbonyl (C=O) groups is 2. The minimum absolute atomic E-state index is 0.0383. The summed E-state index contributed by atoms with van der Waals surface area (Å²) in [5.41, 5.74) is 1.12. The van der Waals surface area contributed by atoms with E-state index in [1.807, 2.05) is 0 Å². The summed E-state index contributed by atoms with van der Waals surface area (Å²) in [7, 11) is 0. The van der Waals surface area contributed by atoms with E-state index in [0.717, 1.165) is 5.56 Å². The summed E-state index contributed by atoms with van der Waals surface area (Å²) in [6, 6.07) is 10.3. The average Bonchev–Trinajstić information content (AvgIpc) is 2.55. The Morgan fingerprint density at radius 2 is 1.81 bits per heavy atom. The van der Waals surface area contributed by atoms with Crippen molar-refractivity contribution in [1.82, 2.24) is 0 Å². The minimum Gasteiger partial charge on any atom is -0.507 e. The van der Waals surface area contributed by atoms with Gasteiger partial charge in [0, 0.05) is 10.6 Å². The fraction of sp³-hybridized carbons (Fsp3) is 0.222. The molecule has 8 heteroatoms. The zero-order valence-electron chi connectivity index (χ0n) is 14.0. The quantitative estimate of drug-likeness (QED) is 0.579. The van der Waals surface area contributed by atoms with E-state index < -0.39 is 23.7 Å². The molecule has 0 radical (unpaired) electrons. The van der Waals surface area contributed by atoms with E-state index in [1.165, 1.54) is 43.3 Å². The monoisotopic (exact) mass is 381 g/mol. The first-order valence-corrected chi connectivity index (χ1v) is 8.50. The Bertz CT molecular complexity index is 796. The highest BCUT2D eigenvalue weighted by Crippen LogP contribution is 2.26. The second-order valence-electron chi connectivity index (χ2n) is 5.46. The van der Waals surface area contributed by atoms with Crippen molar-refractivity contribution < 1.29 is 28.2 Å². The fourth-order valence-corrected chi connectivity index (χ4v) is 2.55. The number of anilines is 1. The van der Waals surface area contributed by atoms with Gasteiger partial charge in [0.05, 0.1) is 0 Å². The molecule has 0 unspecified atom stereocenters. The number of hydrogen-bond acceptors (Lipinski definition) is 5. The van der Waals surface area contributed by atoms with Crippen LogP contribution in [0.3, 0.4) is 0 Å². The standard InChI is InChI=1S/C18H17F2NO4S/c1-10-3-8-14(15(22)9-10)17(24)25-11(2)16(23)21-12-4-6-13(7-5-12)26-18(19)20/h3-9,11,18,22H,1-2H3,(H,21,23)/t11-/m1/s1. The van der Waals surface area contributed by atoms with Gasteiger partial charge in [-0.1, -0.05) is 17.8 Å². The lowest BCUT2D eigenvalue weighted by Gasteiger charge is -2.14. The van der Waals surface area contributed by atoms with Gasteiger partial charge in [0.2, 0.25) is 0 Å². The lowest BCUT2D eigenvalue weighted by molar-refractivity contribution is -0.123. The van der Waals surface area contributed by atoms with E-state index in [2.05, 4.69) is 5.32 Å². The molecule has 2 N–H and O–H groups in total. The number of carbonyl (C=O) groups excluding carboxylic acids is 2. The van der Waals surface area contributed by atoms with E-state index in [0.29, 0.717) is 22.3 Å². The number of esters is 1. The molecule has 0 aromatic heterocycles. The lowest BCUT2D eigenvalue weighted by atomic mass is 10.1. The summed E-state index contributed by atoms with van der Waals surface area (Å²) in [6.07, 6.45) is -1.11. The molecule has 0 saturated heterocycles. The van der Waals surface area contributed by atoms with Crippen molar-refractivity contribution in [3.05, 3.63) is 53.6 Å². The third-order valence-electron chi connectivity index (χ3n) is 3.37. The predicted molar refractivity (Wildman–Crippen MR) is 94.7 cm³/mol. The zero-order valence-corrected chi connectivity index (χ0v) is 14.8. The Morgan fingerprint density at radius 1 is 1.15 bits per heavy atom. The van der Waals surface area contributed by atoms with Crippen LogP contribution in [0.5, 0.6) is 5.75 Å². The molecule has 0 saturated carbocycles. The Balaban J connectivity index is 1.95. The second-order valence-corrected chi connectivity index (χ2v) is 6.52. The number of hydrogen-bond donors (Lipinski definition) is 2. The average molecular weight is 381 g/mol. The van der Waals surface area contributed by atoms with Gasteiger partial charge in [-0.3, -0.25) is 4.79 Å². The number of amides is 1. The van der Waals surface area contributed by atoms with E-state index in [1.54, 1.807) is 13.0 Å². The molecule has 1 amide bonds. The van der Waals surface area contributed by atoms with E-state index in [4.69, 9.17) is 4.74 Å². The van der Waals surface area contributed by atoms with Gasteiger partial charge in [-0.2, -0.15) is 8.78 Å². The maximum absolute atomic E-state index is 12.3. The second kappa shape index (κ2) is 8.66. The molecule has 0 bridgehead atoms. The number of alkyl halides is 2. The molecule has 2 aromatic rings. The number of phenolic OH excluding ortho intramolecular Hbond substituents is 1. The summed E-state index contributed by atoms with van der Waals surface area (Å²) in [6.45, 7) is 3.15. The van der Waals surface area contributed by atoms with Crippen molar-refractivity contribution in [2.75, 3.05) is 5.32 Å². The van der Waals surface area contributed by atoms with Gasteiger partial charge in [-0.15, -0.1) is 0 Å². The van der Waals surface area contributed by atoms with Crippen LogP contribution in [0.2, 0.25) is 0 Å². The molecule has 2 aromatic carbocycles. The smallest absolute Gasteiger partial charge is 0.342 e. The summed E-state index contributed by atoms with van der Waals surface area (Å²) in [5.74, 6) is -4.16. The number of rotatable bonds is 6. The first-order chi connectivity index (χ1) is 12.3. The summed E-state index contributed by atoms with van der Waals surface area (Å²) in [4.78, 5) is 24.5. The van der Waals surface area contributed by atoms with Crippen molar-refractivity contribution in [3.8, 4) is 5.75 Å². The zero-order chi connectivity index (χ0) is 19.3. The summed E-state index contributed by atoms with van der Waals surface area (Å²) in [5, 5.41) is 12.3. The number of aryl methyl sites for hydroxylation is 1. The Kier molecular flexibility index (Phi) is 6.57. The Hall–Kier alpha value is -2.61. The number of ether oxygens (including phenoxy) is 1. The number of halogens is 2. The first-order valence-electron chi connectivity index (χ1n) is 7.62. The third-order valence-corrected chi connectivity index (χ3v) is 4.10. The molecular weight excluding hydrogens is 364 g/mol. The number of nitrogens with one attached hydrogen (secondary N) is 1. The van der Waals surface area contributed by atoms with Gasteiger partial charge in [0.15, 0.2) is 6.10 Å². The summed E-state index contributed by atoms with van der Waals surface area (Å²) < 4.78 is 29.6. The molecule has 0 spiro atoms. The van der Waals surface area contributed by atoms with Gasteiger partial charge < -0.3 is 15.2 Å². The van der Waals surface area contributed by atoms with Crippen molar-refractivity contribution in [1.29, 1.82) is 0 Å². The van der Waals surface area contributed by atoms with Gasteiger partial charge in [-0.25, -0.2) is 4.79 Å². The van der Waals surface area contributed by atoms with E-state index in [9.17, 15) is 23.5 Å². The number of thioether (sulfide) groups is 1. The maximum Gasteiger partial charge on any atom is 0.342 e. The number of phenols is 1. The highest BCUT2D eigenvalue weighted by atomic mass is 32.2. The molecule has 0 aliphatic rings. The van der Waals surface area contributed by atoms with Crippen LogP contribution in [-0.4, -0.2) is 28.8 Å². The molecule has 0 aliphatic heterocycles.